The number of fused-ring (bicyclic) bond motifs is 2. The second-order valence-electron chi connectivity index (χ2n) is 5.21. The molecule has 1 aromatic rings. The standard InChI is InChI=1S/C14H16F2N2O.ClH/c15-9-1-4-12(13(16)7-9)14(19)18-10-2-3-11(18)8-17-6-5-10;/h1,4,7,10-11,17H,2-3,5-6,8H2;1H. The van der Waals surface area contributed by atoms with E-state index in [1.54, 1.807) is 4.90 Å². The minimum Gasteiger partial charge on any atom is -0.331 e. The second-order valence-corrected chi connectivity index (χ2v) is 5.21. The summed E-state index contributed by atoms with van der Waals surface area (Å²) in [6.07, 6.45) is 2.82. The van der Waals surface area contributed by atoms with E-state index in [2.05, 4.69) is 5.32 Å². The van der Waals surface area contributed by atoms with Gasteiger partial charge in [-0.25, -0.2) is 8.78 Å². The minimum absolute atomic E-state index is 0. The van der Waals surface area contributed by atoms with Crippen LogP contribution in [-0.4, -0.2) is 36.0 Å². The van der Waals surface area contributed by atoms with E-state index >= 15 is 0 Å². The van der Waals surface area contributed by atoms with E-state index < -0.39 is 11.6 Å². The molecule has 2 unspecified atom stereocenters. The van der Waals surface area contributed by atoms with Gasteiger partial charge in [-0.3, -0.25) is 4.79 Å². The van der Waals surface area contributed by atoms with Crippen LogP contribution in [0.15, 0.2) is 18.2 Å². The molecule has 1 N–H and O–H groups in total. The number of halogens is 3. The molecule has 6 heteroatoms. The predicted molar refractivity (Wildman–Crippen MR) is 74.1 cm³/mol. The van der Waals surface area contributed by atoms with Crippen LogP contribution in [-0.2, 0) is 0 Å². The summed E-state index contributed by atoms with van der Waals surface area (Å²) in [5.74, 6) is -1.75. The van der Waals surface area contributed by atoms with Gasteiger partial charge < -0.3 is 10.2 Å². The van der Waals surface area contributed by atoms with Crippen molar-refractivity contribution in [3.63, 3.8) is 0 Å². The minimum atomic E-state index is -0.776. The largest absolute Gasteiger partial charge is 0.331 e. The zero-order valence-electron chi connectivity index (χ0n) is 10.9. The summed E-state index contributed by atoms with van der Waals surface area (Å²) in [7, 11) is 0. The lowest BCUT2D eigenvalue weighted by atomic mass is 10.1. The third-order valence-electron chi connectivity index (χ3n) is 4.05. The van der Waals surface area contributed by atoms with Crippen molar-refractivity contribution in [1.29, 1.82) is 0 Å². The van der Waals surface area contributed by atoms with Crippen molar-refractivity contribution in [3.8, 4) is 0 Å². The van der Waals surface area contributed by atoms with Gasteiger partial charge in [-0.1, -0.05) is 0 Å². The molecule has 20 heavy (non-hydrogen) atoms. The average Bonchev–Trinajstić information content (AvgIpc) is 2.62. The Kier molecular flexibility index (Phi) is 4.60. The number of carbonyl (C=O) groups is 1. The SMILES string of the molecule is Cl.O=C(c1ccc(F)cc1F)N1C2CCNCC1CC2. The first-order chi connectivity index (χ1) is 9.16. The lowest BCUT2D eigenvalue weighted by molar-refractivity contribution is 0.0675. The van der Waals surface area contributed by atoms with Crippen LogP contribution in [0.4, 0.5) is 8.78 Å². The van der Waals surface area contributed by atoms with E-state index in [4.69, 9.17) is 0 Å². The Morgan fingerprint density at radius 1 is 1.20 bits per heavy atom. The summed E-state index contributed by atoms with van der Waals surface area (Å²) in [6, 6.07) is 3.45. The molecule has 2 atom stereocenters. The first kappa shape index (κ1) is 15.2. The fourth-order valence-electron chi connectivity index (χ4n) is 3.12. The van der Waals surface area contributed by atoms with Crippen LogP contribution in [0.1, 0.15) is 29.6 Å². The highest BCUT2D eigenvalue weighted by atomic mass is 35.5. The Balaban J connectivity index is 0.00000147. The molecule has 1 amide bonds. The fraction of sp³-hybridized carbons (Fsp3) is 0.500. The van der Waals surface area contributed by atoms with E-state index in [9.17, 15) is 13.6 Å². The molecule has 2 heterocycles. The number of amides is 1. The van der Waals surface area contributed by atoms with Crippen LogP contribution in [0.2, 0.25) is 0 Å². The second kappa shape index (κ2) is 6.06. The first-order valence-electron chi connectivity index (χ1n) is 6.65. The number of nitrogens with zero attached hydrogens (tertiary/aromatic N) is 1. The van der Waals surface area contributed by atoms with Crippen molar-refractivity contribution in [2.24, 2.45) is 0 Å². The predicted octanol–water partition coefficient (Wildman–Crippen LogP) is 2.35. The van der Waals surface area contributed by atoms with Gasteiger partial charge in [-0.15, -0.1) is 12.4 Å². The molecular weight excluding hydrogens is 286 g/mol. The molecule has 0 radical (unpaired) electrons. The van der Waals surface area contributed by atoms with Crippen LogP contribution in [0.5, 0.6) is 0 Å². The molecule has 3 nitrogen and oxygen atoms in total. The summed E-state index contributed by atoms with van der Waals surface area (Å²) < 4.78 is 26.6. The lowest BCUT2D eigenvalue weighted by Crippen LogP contribution is -2.42. The normalized spacial score (nSPS) is 25.0. The molecule has 2 fully saturated rings. The third-order valence-corrected chi connectivity index (χ3v) is 4.05. The lowest BCUT2D eigenvalue weighted by Gasteiger charge is -2.28. The Hall–Kier alpha value is -1.20. The number of nitrogens with one attached hydrogen (secondary N) is 1. The highest BCUT2D eigenvalue weighted by Crippen LogP contribution is 2.30. The molecule has 3 rings (SSSR count). The van der Waals surface area contributed by atoms with Gasteiger partial charge in [0.25, 0.3) is 5.91 Å². The molecule has 110 valence electrons. The highest BCUT2D eigenvalue weighted by Gasteiger charge is 2.38. The highest BCUT2D eigenvalue weighted by molar-refractivity contribution is 5.95. The van der Waals surface area contributed by atoms with Crippen LogP contribution in [0.25, 0.3) is 0 Å². The zero-order valence-corrected chi connectivity index (χ0v) is 11.8. The monoisotopic (exact) mass is 302 g/mol. The van der Waals surface area contributed by atoms with Gasteiger partial charge in [-0.05, 0) is 37.9 Å². The van der Waals surface area contributed by atoms with E-state index in [1.165, 1.54) is 6.07 Å². The van der Waals surface area contributed by atoms with Crippen LogP contribution < -0.4 is 5.32 Å². The molecule has 0 aliphatic carbocycles. The molecule has 1 aromatic carbocycles. The van der Waals surface area contributed by atoms with Crippen molar-refractivity contribution in [2.45, 2.75) is 31.3 Å². The Morgan fingerprint density at radius 2 is 1.95 bits per heavy atom. The average molecular weight is 303 g/mol. The topological polar surface area (TPSA) is 32.3 Å². The van der Waals surface area contributed by atoms with E-state index in [0.717, 1.165) is 44.5 Å². The zero-order chi connectivity index (χ0) is 13.4. The summed E-state index contributed by atoms with van der Waals surface area (Å²) in [4.78, 5) is 14.3. The maximum absolute atomic E-state index is 13.7. The van der Waals surface area contributed by atoms with Gasteiger partial charge in [0.15, 0.2) is 0 Å². The van der Waals surface area contributed by atoms with Crippen molar-refractivity contribution in [1.82, 2.24) is 10.2 Å². The molecule has 0 saturated carbocycles. The summed E-state index contributed by atoms with van der Waals surface area (Å²) in [5, 5.41) is 3.29. The molecular formula is C14H17ClF2N2O. The van der Waals surface area contributed by atoms with Gasteiger partial charge in [-0.2, -0.15) is 0 Å². The van der Waals surface area contributed by atoms with Crippen LogP contribution in [0, 0.1) is 11.6 Å². The smallest absolute Gasteiger partial charge is 0.257 e. The van der Waals surface area contributed by atoms with Crippen LogP contribution >= 0.6 is 12.4 Å². The molecule has 0 aromatic heterocycles. The number of rotatable bonds is 1. The fourth-order valence-corrected chi connectivity index (χ4v) is 3.12. The molecule has 2 aliphatic heterocycles. The first-order valence-corrected chi connectivity index (χ1v) is 6.65. The van der Waals surface area contributed by atoms with Crippen molar-refractivity contribution < 1.29 is 13.6 Å². The van der Waals surface area contributed by atoms with Gasteiger partial charge in [0.2, 0.25) is 0 Å². The molecule has 2 bridgehead atoms. The Labute approximate surface area is 122 Å². The molecule has 0 spiro atoms. The van der Waals surface area contributed by atoms with Crippen LogP contribution in [0.3, 0.4) is 0 Å². The van der Waals surface area contributed by atoms with Crippen molar-refractivity contribution in [3.05, 3.63) is 35.4 Å². The third kappa shape index (κ3) is 2.65. The molecule has 2 saturated heterocycles. The number of benzene rings is 1. The van der Waals surface area contributed by atoms with Crippen molar-refractivity contribution in [2.75, 3.05) is 13.1 Å². The Morgan fingerprint density at radius 3 is 2.70 bits per heavy atom. The Bertz CT molecular complexity index is 498. The van der Waals surface area contributed by atoms with E-state index in [-0.39, 0.29) is 36.0 Å². The van der Waals surface area contributed by atoms with E-state index in [1.807, 2.05) is 0 Å². The quantitative estimate of drug-likeness (QED) is 0.864. The molecule has 2 aliphatic rings. The number of hydrogen-bond acceptors (Lipinski definition) is 2. The maximum atomic E-state index is 13.7. The van der Waals surface area contributed by atoms with Gasteiger partial charge in [0.05, 0.1) is 5.56 Å². The summed E-state index contributed by atoms with van der Waals surface area (Å²) >= 11 is 0. The van der Waals surface area contributed by atoms with Gasteiger partial charge >= 0.3 is 0 Å². The number of carbonyl (C=O) groups excluding carboxylic acids is 1. The maximum Gasteiger partial charge on any atom is 0.257 e. The van der Waals surface area contributed by atoms with Crippen molar-refractivity contribution >= 4 is 18.3 Å². The van der Waals surface area contributed by atoms with Gasteiger partial charge in [0, 0.05) is 24.7 Å². The summed E-state index contributed by atoms with van der Waals surface area (Å²) in [5.41, 5.74) is -0.0276. The van der Waals surface area contributed by atoms with Gasteiger partial charge in [0.1, 0.15) is 11.6 Å². The summed E-state index contributed by atoms with van der Waals surface area (Å²) in [6.45, 7) is 1.64. The number of hydrogen-bond donors (Lipinski definition) is 1. The van der Waals surface area contributed by atoms with E-state index in [0.29, 0.717) is 0 Å².